The molecule has 0 aliphatic heterocycles. The van der Waals surface area contributed by atoms with Gasteiger partial charge in [0.15, 0.2) is 0 Å². The van der Waals surface area contributed by atoms with Crippen LogP contribution in [0.4, 0.5) is 11.4 Å². The summed E-state index contributed by atoms with van der Waals surface area (Å²) in [7, 11) is 2.00. The number of nitrogens with zero attached hydrogens (tertiary/aromatic N) is 1. The van der Waals surface area contributed by atoms with Crippen molar-refractivity contribution in [2.24, 2.45) is 0 Å². The van der Waals surface area contributed by atoms with Crippen LogP contribution in [0.15, 0.2) is 54.6 Å². The molecule has 0 heterocycles. The SMILES string of the molecule is CN(c1ccccc1)c1ccc([C]=O)cc1. The molecule has 0 N–H and O–H groups in total. The number of carbonyl (C=O) groups excluding carboxylic acids is 1. The maximum Gasteiger partial charge on any atom is 0.233 e. The summed E-state index contributed by atoms with van der Waals surface area (Å²) < 4.78 is 0. The molecule has 0 spiro atoms. The average molecular weight is 210 g/mol. The summed E-state index contributed by atoms with van der Waals surface area (Å²) in [5.74, 6) is 0. The zero-order valence-corrected chi connectivity index (χ0v) is 9.05. The van der Waals surface area contributed by atoms with Gasteiger partial charge in [-0.1, -0.05) is 18.2 Å². The summed E-state index contributed by atoms with van der Waals surface area (Å²) in [4.78, 5) is 12.5. The minimum atomic E-state index is 0.574. The summed E-state index contributed by atoms with van der Waals surface area (Å²) in [6, 6.07) is 17.4. The first-order valence-electron chi connectivity index (χ1n) is 5.08. The summed E-state index contributed by atoms with van der Waals surface area (Å²) in [6.07, 6.45) is 1.86. The smallest absolute Gasteiger partial charge is 0.233 e. The third-order valence-electron chi connectivity index (χ3n) is 2.52. The van der Waals surface area contributed by atoms with Crippen LogP contribution in [-0.4, -0.2) is 13.3 Å². The van der Waals surface area contributed by atoms with E-state index in [-0.39, 0.29) is 0 Å². The van der Waals surface area contributed by atoms with Crippen LogP contribution in [0.2, 0.25) is 0 Å². The number of benzene rings is 2. The van der Waals surface area contributed by atoms with Crippen molar-refractivity contribution in [3.8, 4) is 0 Å². The molecule has 0 saturated carbocycles. The van der Waals surface area contributed by atoms with Gasteiger partial charge in [0, 0.05) is 24.0 Å². The molecule has 79 valence electrons. The van der Waals surface area contributed by atoms with Crippen molar-refractivity contribution in [1.82, 2.24) is 0 Å². The molecule has 0 aromatic heterocycles. The second kappa shape index (κ2) is 4.62. The van der Waals surface area contributed by atoms with Crippen molar-refractivity contribution in [1.29, 1.82) is 0 Å². The van der Waals surface area contributed by atoms with Gasteiger partial charge in [-0.25, -0.2) is 0 Å². The van der Waals surface area contributed by atoms with E-state index in [9.17, 15) is 4.79 Å². The van der Waals surface area contributed by atoms with Crippen LogP contribution in [0, 0.1) is 0 Å². The molecule has 0 bridgehead atoms. The van der Waals surface area contributed by atoms with E-state index in [1.807, 2.05) is 55.8 Å². The second-order valence-corrected chi connectivity index (χ2v) is 3.54. The van der Waals surface area contributed by atoms with E-state index in [2.05, 4.69) is 4.90 Å². The summed E-state index contributed by atoms with van der Waals surface area (Å²) >= 11 is 0. The van der Waals surface area contributed by atoms with Gasteiger partial charge in [0.2, 0.25) is 6.29 Å². The molecular weight excluding hydrogens is 198 g/mol. The Kier molecular flexibility index (Phi) is 3.01. The molecule has 2 rings (SSSR count). The minimum Gasteiger partial charge on any atom is -0.345 e. The predicted octanol–water partition coefficient (Wildman–Crippen LogP) is 2.91. The highest BCUT2D eigenvalue weighted by molar-refractivity contribution is 5.76. The van der Waals surface area contributed by atoms with E-state index in [1.54, 1.807) is 12.1 Å². The molecule has 2 aromatic rings. The van der Waals surface area contributed by atoms with E-state index in [0.717, 1.165) is 11.4 Å². The fourth-order valence-electron chi connectivity index (χ4n) is 1.55. The lowest BCUT2D eigenvalue weighted by molar-refractivity contribution is 0.563. The van der Waals surface area contributed by atoms with Gasteiger partial charge in [-0.05, 0) is 36.4 Å². The predicted molar refractivity (Wildman–Crippen MR) is 65.7 cm³/mol. The van der Waals surface area contributed by atoms with Crippen molar-refractivity contribution >= 4 is 17.7 Å². The minimum absolute atomic E-state index is 0.574. The number of anilines is 2. The molecule has 16 heavy (non-hydrogen) atoms. The molecule has 0 fully saturated rings. The first kappa shape index (κ1) is 10.4. The third-order valence-corrected chi connectivity index (χ3v) is 2.52. The van der Waals surface area contributed by atoms with Gasteiger partial charge < -0.3 is 4.90 Å². The number of hydrogen-bond acceptors (Lipinski definition) is 2. The first-order chi connectivity index (χ1) is 7.81. The van der Waals surface area contributed by atoms with Crippen LogP contribution in [-0.2, 0) is 4.79 Å². The van der Waals surface area contributed by atoms with Gasteiger partial charge in [0.05, 0.1) is 0 Å². The molecule has 0 aliphatic rings. The Balaban J connectivity index is 2.27. The van der Waals surface area contributed by atoms with E-state index in [4.69, 9.17) is 0 Å². The maximum atomic E-state index is 10.4. The summed E-state index contributed by atoms with van der Waals surface area (Å²) in [5.41, 5.74) is 2.74. The molecule has 0 aliphatic carbocycles. The third kappa shape index (κ3) is 2.11. The van der Waals surface area contributed by atoms with Gasteiger partial charge in [-0.2, -0.15) is 0 Å². The van der Waals surface area contributed by atoms with Gasteiger partial charge in [0.25, 0.3) is 0 Å². The van der Waals surface area contributed by atoms with E-state index < -0.39 is 0 Å². The lowest BCUT2D eigenvalue weighted by Gasteiger charge is -2.19. The molecular formula is C14H12NO. The van der Waals surface area contributed by atoms with E-state index in [1.165, 1.54) is 0 Å². The van der Waals surface area contributed by atoms with Gasteiger partial charge >= 0.3 is 0 Å². The molecule has 0 unspecified atom stereocenters. The van der Waals surface area contributed by atoms with Crippen molar-refractivity contribution in [2.75, 3.05) is 11.9 Å². The molecule has 2 aromatic carbocycles. The highest BCUT2D eigenvalue weighted by Crippen LogP contribution is 2.22. The number of hydrogen-bond donors (Lipinski definition) is 0. The quantitative estimate of drug-likeness (QED) is 0.776. The molecule has 0 atom stereocenters. The fourth-order valence-corrected chi connectivity index (χ4v) is 1.55. The normalized spacial score (nSPS) is 9.81. The Hall–Kier alpha value is -2.09. The lowest BCUT2D eigenvalue weighted by Crippen LogP contribution is -2.08. The molecule has 0 saturated heterocycles. The lowest BCUT2D eigenvalue weighted by atomic mass is 10.2. The van der Waals surface area contributed by atoms with Crippen molar-refractivity contribution < 1.29 is 4.79 Å². The highest BCUT2D eigenvalue weighted by Gasteiger charge is 2.02. The Labute approximate surface area is 95.1 Å². The molecule has 2 nitrogen and oxygen atoms in total. The fraction of sp³-hybridized carbons (Fsp3) is 0.0714. The monoisotopic (exact) mass is 210 g/mol. The zero-order valence-electron chi connectivity index (χ0n) is 9.05. The van der Waals surface area contributed by atoms with Crippen LogP contribution in [0.5, 0.6) is 0 Å². The second-order valence-electron chi connectivity index (χ2n) is 3.54. The van der Waals surface area contributed by atoms with Crippen molar-refractivity contribution in [2.45, 2.75) is 0 Å². The Bertz CT molecular complexity index is 462. The molecule has 0 amide bonds. The van der Waals surface area contributed by atoms with Crippen LogP contribution in [0.25, 0.3) is 0 Å². The maximum absolute atomic E-state index is 10.4. The zero-order chi connectivity index (χ0) is 11.4. The van der Waals surface area contributed by atoms with Crippen molar-refractivity contribution in [3.05, 3.63) is 60.2 Å². The number of rotatable bonds is 3. The van der Waals surface area contributed by atoms with Crippen molar-refractivity contribution in [3.63, 3.8) is 0 Å². The van der Waals surface area contributed by atoms with Gasteiger partial charge in [0.1, 0.15) is 0 Å². The van der Waals surface area contributed by atoms with E-state index in [0.29, 0.717) is 5.56 Å². The van der Waals surface area contributed by atoms with Gasteiger partial charge in [-0.3, -0.25) is 4.79 Å². The Morgan fingerprint density at radius 3 is 2.00 bits per heavy atom. The number of para-hydroxylation sites is 1. The van der Waals surface area contributed by atoms with Crippen LogP contribution in [0.1, 0.15) is 5.56 Å². The molecule has 2 heteroatoms. The summed E-state index contributed by atoms with van der Waals surface area (Å²) in [6.45, 7) is 0. The van der Waals surface area contributed by atoms with Gasteiger partial charge in [-0.15, -0.1) is 0 Å². The molecule has 1 radical (unpaired) electrons. The standard InChI is InChI=1S/C14H12NO/c1-15(13-5-3-2-4-6-13)14-9-7-12(11-16)8-10-14/h2-10H,1H3. The topological polar surface area (TPSA) is 20.3 Å². The van der Waals surface area contributed by atoms with Crippen LogP contribution in [0.3, 0.4) is 0 Å². The highest BCUT2D eigenvalue weighted by atomic mass is 16.1. The Morgan fingerprint density at radius 2 is 1.44 bits per heavy atom. The first-order valence-corrected chi connectivity index (χ1v) is 5.08. The average Bonchev–Trinajstić information content (AvgIpc) is 2.39. The summed E-state index contributed by atoms with van der Waals surface area (Å²) in [5, 5.41) is 0. The largest absolute Gasteiger partial charge is 0.345 e. The van der Waals surface area contributed by atoms with Crippen LogP contribution < -0.4 is 4.90 Å². The van der Waals surface area contributed by atoms with Crippen LogP contribution >= 0.6 is 0 Å². The van der Waals surface area contributed by atoms with E-state index >= 15 is 0 Å². The Morgan fingerprint density at radius 1 is 0.875 bits per heavy atom.